The smallest absolute Gasteiger partial charge is 0.310 e. The highest BCUT2D eigenvalue weighted by Gasteiger charge is 2.67. The second kappa shape index (κ2) is 5.21. The minimum absolute atomic E-state index is 0.0661. The quantitative estimate of drug-likeness (QED) is 0.554. The second-order valence-electron chi connectivity index (χ2n) is 6.07. The number of nitrogens with one attached hydrogen (secondary N) is 1. The highest BCUT2D eigenvalue weighted by Crippen LogP contribution is 2.60. The minimum atomic E-state index is -0.347. The van der Waals surface area contributed by atoms with Gasteiger partial charge in [0, 0.05) is 10.4 Å². The monoisotopic (exact) mass is 447 g/mol. The Bertz CT molecular complexity index is 683. The number of carbonyl (C=O) groups is 2. The Balaban J connectivity index is 1.59. The fourth-order valence-corrected chi connectivity index (χ4v) is 5.90. The largest absolute Gasteiger partial charge is 0.461 e. The zero-order chi connectivity index (χ0) is 15.6. The van der Waals surface area contributed by atoms with E-state index in [9.17, 15) is 9.59 Å². The molecule has 1 aliphatic heterocycles. The molecule has 1 heterocycles. The molecule has 7 heteroatoms. The average Bonchev–Trinajstić information content (AvgIpc) is 3.06. The topological polar surface area (TPSA) is 55.4 Å². The number of ether oxygens (including phenoxy) is 1. The van der Waals surface area contributed by atoms with Crippen molar-refractivity contribution in [3.8, 4) is 0 Å². The maximum Gasteiger partial charge on any atom is 0.310 e. The number of carbonyl (C=O) groups excluding carboxylic acids is 2. The first-order chi connectivity index (χ1) is 10.5. The van der Waals surface area contributed by atoms with Crippen LogP contribution in [0.1, 0.15) is 6.42 Å². The van der Waals surface area contributed by atoms with Crippen LogP contribution in [0.3, 0.4) is 0 Å². The van der Waals surface area contributed by atoms with Crippen molar-refractivity contribution in [1.29, 1.82) is 0 Å². The molecule has 2 saturated carbocycles. The summed E-state index contributed by atoms with van der Waals surface area (Å²) < 4.78 is 6.27. The van der Waals surface area contributed by atoms with E-state index in [2.05, 4.69) is 37.2 Å². The molecule has 0 spiro atoms. The van der Waals surface area contributed by atoms with E-state index >= 15 is 0 Å². The number of fused-ring (bicyclic) bond motifs is 1. The van der Waals surface area contributed by atoms with Crippen LogP contribution in [0.15, 0.2) is 22.7 Å². The predicted octanol–water partition coefficient (Wildman–Crippen LogP) is 3.61. The van der Waals surface area contributed by atoms with Gasteiger partial charge in [0.25, 0.3) is 0 Å². The van der Waals surface area contributed by atoms with Crippen LogP contribution in [-0.2, 0) is 14.3 Å². The molecular weight excluding hydrogens is 437 g/mol. The summed E-state index contributed by atoms with van der Waals surface area (Å²) in [6.45, 7) is 0. The molecule has 116 valence electrons. The molecule has 0 radical (unpaired) electrons. The Morgan fingerprint density at radius 2 is 2.14 bits per heavy atom. The van der Waals surface area contributed by atoms with Crippen LogP contribution in [0.5, 0.6) is 0 Å². The fourth-order valence-electron chi connectivity index (χ4n) is 4.14. The van der Waals surface area contributed by atoms with Crippen molar-refractivity contribution < 1.29 is 14.3 Å². The molecule has 1 aromatic rings. The van der Waals surface area contributed by atoms with Crippen molar-refractivity contribution >= 4 is 61.0 Å². The van der Waals surface area contributed by atoms with E-state index in [0.29, 0.717) is 10.7 Å². The molecule has 1 amide bonds. The third-order valence-corrected chi connectivity index (χ3v) is 7.02. The fraction of sp³-hybridized carbons (Fsp3) is 0.467. The Morgan fingerprint density at radius 3 is 2.86 bits per heavy atom. The number of hydrogen-bond donors (Lipinski definition) is 1. The zero-order valence-corrected chi connectivity index (χ0v) is 15.2. The number of esters is 1. The van der Waals surface area contributed by atoms with Gasteiger partial charge in [-0.15, -0.1) is 0 Å². The van der Waals surface area contributed by atoms with Crippen molar-refractivity contribution in [3.63, 3.8) is 0 Å². The van der Waals surface area contributed by atoms with E-state index < -0.39 is 0 Å². The summed E-state index contributed by atoms with van der Waals surface area (Å²) in [4.78, 5) is 24.8. The van der Waals surface area contributed by atoms with Crippen LogP contribution < -0.4 is 5.32 Å². The van der Waals surface area contributed by atoms with Gasteiger partial charge >= 0.3 is 5.97 Å². The molecular formula is C15H12Br2ClNO3. The normalized spacial score (nSPS) is 38.2. The van der Waals surface area contributed by atoms with Gasteiger partial charge in [-0.3, -0.25) is 9.59 Å². The van der Waals surface area contributed by atoms with Crippen LogP contribution in [0, 0.1) is 23.7 Å². The van der Waals surface area contributed by atoms with Crippen LogP contribution >= 0.6 is 43.5 Å². The lowest BCUT2D eigenvalue weighted by Crippen LogP contribution is -2.40. The Kier molecular flexibility index (Phi) is 3.55. The molecule has 1 aromatic carbocycles. The Morgan fingerprint density at radius 1 is 1.36 bits per heavy atom. The van der Waals surface area contributed by atoms with Crippen LogP contribution in [0.4, 0.5) is 5.69 Å². The molecule has 0 aromatic heterocycles. The molecule has 6 atom stereocenters. The summed E-state index contributed by atoms with van der Waals surface area (Å²) in [6.07, 6.45) is 0.797. The molecule has 4 rings (SSSR count). The van der Waals surface area contributed by atoms with Gasteiger partial charge < -0.3 is 10.1 Å². The summed E-state index contributed by atoms with van der Waals surface area (Å²) >= 11 is 13.1. The highest BCUT2D eigenvalue weighted by atomic mass is 79.9. The Hall–Kier alpha value is -0.590. The van der Waals surface area contributed by atoms with Crippen molar-refractivity contribution in [1.82, 2.24) is 0 Å². The van der Waals surface area contributed by atoms with Gasteiger partial charge in [-0.1, -0.05) is 43.5 Å². The van der Waals surface area contributed by atoms with Gasteiger partial charge in [-0.05, 0) is 30.5 Å². The first-order valence-corrected chi connectivity index (χ1v) is 9.16. The van der Waals surface area contributed by atoms with Crippen molar-refractivity contribution in [2.75, 3.05) is 5.32 Å². The number of rotatable bonds is 2. The summed E-state index contributed by atoms with van der Waals surface area (Å²) in [6, 6.07) is 5.29. The van der Waals surface area contributed by atoms with Gasteiger partial charge in [0.15, 0.2) is 0 Å². The summed E-state index contributed by atoms with van der Waals surface area (Å²) in [5, 5.41) is 3.33. The van der Waals surface area contributed by atoms with Gasteiger partial charge in [-0.2, -0.15) is 0 Å². The molecule has 22 heavy (non-hydrogen) atoms. The van der Waals surface area contributed by atoms with Crippen molar-refractivity contribution in [2.45, 2.75) is 17.4 Å². The van der Waals surface area contributed by atoms with Gasteiger partial charge in [-0.25, -0.2) is 0 Å². The molecule has 1 saturated heterocycles. The van der Waals surface area contributed by atoms with E-state index in [4.69, 9.17) is 16.3 Å². The van der Waals surface area contributed by atoms with Crippen molar-refractivity contribution in [2.24, 2.45) is 23.7 Å². The van der Waals surface area contributed by atoms with Gasteiger partial charge in [0.2, 0.25) is 5.91 Å². The number of amides is 1. The predicted molar refractivity (Wildman–Crippen MR) is 89.0 cm³/mol. The number of benzene rings is 1. The third kappa shape index (κ3) is 2.07. The molecule has 1 N–H and O–H groups in total. The highest BCUT2D eigenvalue weighted by molar-refractivity contribution is 9.10. The van der Waals surface area contributed by atoms with E-state index in [0.717, 1.165) is 10.9 Å². The number of halogens is 3. The van der Waals surface area contributed by atoms with Crippen molar-refractivity contribution in [3.05, 3.63) is 27.7 Å². The molecule has 3 aliphatic rings. The maximum atomic E-state index is 12.7. The first kappa shape index (κ1) is 15.0. The molecule has 0 unspecified atom stereocenters. The van der Waals surface area contributed by atoms with Gasteiger partial charge in [0.1, 0.15) is 6.10 Å². The van der Waals surface area contributed by atoms with Crippen LogP contribution in [0.2, 0.25) is 5.02 Å². The first-order valence-electron chi connectivity index (χ1n) is 7.08. The number of hydrogen-bond acceptors (Lipinski definition) is 3. The standard InChI is InChI=1S/C15H12Br2ClNO3/c16-5-1-2-9(8(18)3-5)19-14(20)10-6-4-7-11(10)15(21)22-13(7)12(6)17/h1-3,6-7,10-13H,4H2,(H,19,20)/t6-,7-,10-,11+,12-,13+/m1/s1. The summed E-state index contributed by atoms with van der Waals surface area (Å²) in [5.41, 5.74) is 0.562. The Labute approximate surface area is 149 Å². The second-order valence-corrected chi connectivity index (χ2v) is 8.45. The van der Waals surface area contributed by atoms with E-state index in [1.165, 1.54) is 0 Å². The van der Waals surface area contributed by atoms with E-state index in [1.807, 2.05) is 6.07 Å². The third-order valence-electron chi connectivity index (χ3n) is 5.01. The molecule has 2 bridgehead atoms. The summed E-state index contributed by atoms with van der Waals surface area (Å²) in [7, 11) is 0. The average molecular weight is 450 g/mol. The SMILES string of the molecule is O=C(Nc1ccc(Br)cc1Cl)[C@@H]1[C@H]2C[C@H]3[C@H](OC(=O)[C@@H]31)[C@@H]2Br. The lowest BCUT2D eigenvalue weighted by atomic mass is 9.79. The molecule has 2 aliphatic carbocycles. The molecule has 4 nitrogen and oxygen atoms in total. The van der Waals surface area contributed by atoms with Gasteiger partial charge in [0.05, 0.1) is 27.4 Å². The number of anilines is 1. The van der Waals surface area contributed by atoms with Crippen LogP contribution in [-0.4, -0.2) is 22.8 Å². The van der Waals surface area contributed by atoms with E-state index in [1.54, 1.807) is 12.1 Å². The number of alkyl halides is 1. The minimum Gasteiger partial charge on any atom is -0.461 e. The van der Waals surface area contributed by atoms with E-state index in [-0.39, 0.29) is 46.5 Å². The zero-order valence-electron chi connectivity index (χ0n) is 11.3. The van der Waals surface area contributed by atoms with Crippen LogP contribution in [0.25, 0.3) is 0 Å². The molecule has 3 fully saturated rings. The summed E-state index contributed by atoms with van der Waals surface area (Å²) in [5.74, 6) is -0.734. The maximum absolute atomic E-state index is 12.7. The lowest BCUT2D eigenvalue weighted by Gasteiger charge is -2.27. The lowest BCUT2D eigenvalue weighted by molar-refractivity contribution is -0.145.